The Balaban J connectivity index is 1.87. The van der Waals surface area contributed by atoms with E-state index in [-0.39, 0.29) is 22.3 Å². The Morgan fingerprint density at radius 2 is 1.69 bits per heavy atom. The second-order valence-corrected chi connectivity index (χ2v) is 7.86. The quantitative estimate of drug-likeness (QED) is 0.517. The van der Waals surface area contributed by atoms with E-state index in [2.05, 4.69) is 10.3 Å². The van der Waals surface area contributed by atoms with Crippen LogP contribution in [0.2, 0.25) is 0 Å². The van der Waals surface area contributed by atoms with Crippen molar-refractivity contribution in [1.29, 1.82) is 5.26 Å². The molecule has 1 N–H and O–H groups in total. The number of amides is 1. The van der Waals surface area contributed by atoms with E-state index >= 15 is 0 Å². The highest BCUT2D eigenvalue weighted by Gasteiger charge is 2.16. The first-order valence-electron chi connectivity index (χ1n) is 9.83. The topological polar surface area (TPSA) is 87.8 Å². The highest BCUT2D eigenvalue weighted by Crippen LogP contribution is 2.05. The van der Waals surface area contributed by atoms with Gasteiger partial charge in [0.05, 0.1) is 10.2 Å². The SMILES string of the molecule is N#C/C(C(=O)NCc1ccccc1)=c1\s/c(=C/c2ccncc2)c(=O)n1-c1ccccc1. The van der Waals surface area contributed by atoms with Crippen LogP contribution < -0.4 is 20.1 Å². The third-order valence-corrected chi connectivity index (χ3v) is 5.78. The van der Waals surface area contributed by atoms with Gasteiger partial charge in [0.25, 0.3) is 11.5 Å². The molecule has 2 aromatic heterocycles. The Bertz CT molecular complexity index is 1450. The molecule has 0 unspecified atom stereocenters. The van der Waals surface area contributed by atoms with Crippen molar-refractivity contribution >= 4 is 28.9 Å². The van der Waals surface area contributed by atoms with Crippen molar-refractivity contribution in [3.05, 3.63) is 116 Å². The number of hydrogen-bond acceptors (Lipinski definition) is 5. The van der Waals surface area contributed by atoms with Gasteiger partial charge in [-0.1, -0.05) is 48.5 Å². The van der Waals surface area contributed by atoms with Crippen LogP contribution in [0.1, 0.15) is 11.1 Å². The van der Waals surface area contributed by atoms with Crippen molar-refractivity contribution in [2.24, 2.45) is 0 Å². The molecule has 0 fully saturated rings. The number of nitriles is 1. The number of carbonyl (C=O) groups is 1. The van der Waals surface area contributed by atoms with Crippen LogP contribution in [0.3, 0.4) is 0 Å². The van der Waals surface area contributed by atoms with Gasteiger partial charge in [-0.2, -0.15) is 5.26 Å². The molecule has 2 aromatic carbocycles. The minimum absolute atomic E-state index is 0.110. The van der Waals surface area contributed by atoms with Crippen LogP contribution in [0.15, 0.2) is 90.0 Å². The highest BCUT2D eigenvalue weighted by molar-refractivity contribution is 7.07. The Hall–Kier alpha value is -4.28. The third kappa shape index (κ3) is 4.56. The van der Waals surface area contributed by atoms with Crippen molar-refractivity contribution < 1.29 is 4.79 Å². The summed E-state index contributed by atoms with van der Waals surface area (Å²) in [5, 5.41) is 12.6. The van der Waals surface area contributed by atoms with E-state index in [4.69, 9.17) is 0 Å². The zero-order valence-electron chi connectivity index (χ0n) is 16.9. The summed E-state index contributed by atoms with van der Waals surface area (Å²) in [5.41, 5.74) is 1.90. The number of hydrogen-bond donors (Lipinski definition) is 1. The number of para-hydroxylation sites is 1. The fourth-order valence-corrected chi connectivity index (χ4v) is 4.24. The van der Waals surface area contributed by atoms with Crippen LogP contribution in [-0.4, -0.2) is 15.5 Å². The summed E-state index contributed by atoms with van der Waals surface area (Å²) in [4.78, 5) is 30.2. The average Bonchev–Trinajstić information content (AvgIpc) is 3.15. The largest absolute Gasteiger partial charge is 0.347 e. The zero-order chi connectivity index (χ0) is 22.3. The summed E-state index contributed by atoms with van der Waals surface area (Å²) in [6.07, 6.45) is 5.01. The molecule has 2 heterocycles. The van der Waals surface area contributed by atoms with Gasteiger partial charge in [-0.05, 0) is 41.5 Å². The Labute approximate surface area is 188 Å². The molecule has 0 aliphatic heterocycles. The van der Waals surface area contributed by atoms with E-state index in [0.29, 0.717) is 10.2 Å². The lowest BCUT2D eigenvalue weighted by Crippen LogP contribution is -2.33. The van der Waals surface area contributed by atoms with Crippen molar-refractivity contribution in [2.45, 2.75) is 6.54 Å². The van der Waals surface area contributed by atoms with Crippen LogP contribution in [-0.2, 0) is 11.3 Å². The highest BCUT2D eigenvalue weighted by atomic mass is 32.1. The third-order valence-electron chi connectivity index (χ3n) is 4.69. The van der Waals surface area contributed by atoms with Gasteiger partial charge >= 0.3 is 0 Å². The van der Waals surface area contributed by atoms with E-state index in [9.17, 15) is 14.9 Å². The lowest BCUT2D eigenvalue weighted by atomic mass is 10.2. The van der Waals surface area contributed by atoms with Gasteiger partial charge in [0.15, 0.2) is 5.57 Å². The fraction of sp³-hybridized carbons (Fsp3) is 0.0400. The summed E-state index contributed by atoms with van der Waals surface area (Å²) in [7, 11) is 0. The smallest absolute Gasteiger partial charge is 0.273 e. The van der Waals surface area contributed by atoms with E-state index in [1.807, 2.05) is 42.5 Å². The summed E-state index contributed by atoms with van der Waals surface area (Å²) < 4.78 is 2.12. The van der Waals surface area contributed by atoms with Crippen molar-refractivity contribution in [2.75, 3.05) is 0 Å². The molecular formula is C25H18N4O2S. The van der Waals surface area contributed by atoms with Gasteiger partial charge in [-0.3, -0.25) is 19.1 Å². The predicted molar refractivity (Wildman–Crippen MR) is 124 cm³/mol. The number of aromatic nitrogens is 2. The first-order chi connectivity index (χ1) is 15.7. The first kappa shape index (κ1) is 21.0. The van der Waals surface area contributed by atoms with Gasteiger partial charge in [0.2, 0.25) is 0 Å². The molecule has 32 heavy (non-hydrogen) atoms. The number of pyridine rings is 1. The molecule has 0 spiro atoms. The molecule has 4 rings (SSSR count). The summed E-state index contributed by atoms with van der Waals surface area (Å²) in [5.74, 6) is -0.530. The molecule has 0 aliphatic rings. The van der Waals surface area contributed by atoms with Crippen LogP contribution >= 0.6 is 11.3 Å². The number of carbonyl (C=O) groups excluding carboxylic acids is 1. The van der Waals surface area contributed by atoms with Crippen molar-refractivity contribution in [3.63, 3.8) is 0 Å². The van der Waals surface area contributed by atoms with E-state index < -0.39 is 5.91 Å². The van der Waals surface area contributed by atoms with Crippen molar-refractivity contribution in [3.8, 4) is 11.8 Å². The molecule has 0 atom stereocenters. The minimum atomic E-state index is -0.530. The maximum absolute atomic E-state index is 13.3. The van der Waals surface area contributed by atoms with Gasteiger partial charge in [-0.25, -0.2) is 0 Å². The number of nitrogens with one attached hydrogen (secondary N) is 1. The molecule has 0 radical (unpaired) electrons. The molecule has 0 aliphatic carbocycles. The first-order valence-corrected chi connectivity index (χ1v) is 10.6. The number of thiazole rings is 1. The second kappa shape index (κ2) is 9.69. The molecule has 4 aromatic rings. The summed E-state index contributed by atoms with van der Waals surface area (Å²) in [6, 6.07) is 24.0. The van der Waals surface area contributed by atoms with E-state index in [1.54, 1.807) is 54.9 Å². The Morgan fingerprint density at radius 1 is 1.03 bits per heavy atom. The molecule has 156 valence electrons. The molecule has 0 saturated carbocycles. The monoisotopic (exact) mass is 438 g/mol. The predicted octanol–water partition coefficient (Wildman–Crippen LogP) is 2.11. The maximum Gasteiger partial charge on any atom is 0.273 e. The van der Waals surface area contributed by atoms with Gasteiger partial charge in [-0.15, -0.1) is 11.3 Å². The lowest BCUT2D eigenvalue weighted by Gasteiger charge is -2.06. The van der Waals surface area contributed by atoms with Crippen LogP contribution in [0.4, 0.5) is 0 Å². The number of benzene rings is 2. The second-order valence-electron chi connectivity index (χ2n) is 6.83. The normalized spacial score (nSPS) is 12.2. The Morgan fingerprint density at radius 3 is 2.34 bits per heavy atom. The molecule has 0 bridgehead atoms. The summed E-state index contributed by atoms with van der Waals surface area (Å²) in [6.45, 7) is 0.280. The fourth-order valence-electron chi connectivity index (χ4n) is 3.13. The zero-order valence-corrected chi connectivity index (χ0v) is 17.8. The van der Waals surface area contributed by atoms with E-state index in [1.165, 1.54) is 4.57 Å². The van der Waals surface area contributed by atoms with Crippen LogP contribution in [0, 0.1) is 11.3 Å². The average molecular weight is 439 g/mol. The molecule has 1 amide bonds. The van der Waals surface area contributed by atoms with Gasteiger partial charge in [0, 0.05) is 18.9 Å². The molecule has 6 nitrogen and oxygen atoms in total. The Kier molecular flexibility index (Phi) is 6.35. The summed E-state index contributed by atoms with van der Waals surface area (Å²) >= 11 is 1.11. The lowest BCUT2D eigenvalue weighted by molar-refractivity contribution is -0.115. The van der Waals surface area contributed by atoms with Gasteiger partial charge < -0.3 is 5.32 Å². The van der Waals surface area contributed by atoms with Gasteiger partial charge in [0.1, 0.15) is 10.7 Å². The number of rotatable bonds is 5. The number of nitrogens with zero attached hydrogens (tertiary/aromatic N) is 3. The molecular weight excluding hydrogens is 420 g/mol. The minimum Gasteiger partial charge on any atom is -0.347 e. The molecule has 0 saturated heterocycles. The van der Waals surface area contributed by atoms with Crippen LogP contribution in [0.5, 0.6) is 0 Å². The van der Waals surface area contributed by atoms with Crippen LogP contribution in [0.25, 0.3) is 17.3 Å². The molecule has 7 heteroatoms. The van der Waals surface area contributed by atoms with Crippen molar-refractivity contribution in [1.82, 2.24) is 14.9 Å². The van der Waals surface area contributed by atoms with E-state index in [0.717, 1.165) is 22.5 Å². The maximum atomic E-state index is 13.3. The standard InChI is InChI=1S/C25H18N4O2S/c26-16-21(23(30)28-17-19-7-3-1-4-8-19)25-29(20-9-5-2-6-10-20)24(31)22(32-25)15-18-11-13-27-14-12-18/h1-15H,17H2,(H,28,30)/b22-15+,25-21+.